The molecular weight excluding hydrogens is 238 g/mol. The van der Waals surface area contributed by atoms with E-state index in [1.807, 2.05) is 6.07 Å². The summed E-state index contributed by atoms with van der Waals surface area (Å²) in [5.74, 6) is 1.69. The van der Waals surface area contributed by atoms with Crippen LogP contribution in [-0.4, -0.2) is 6.04 Å². The molecule has 90 valence electrons. The summed E-state index contributed by atoms with van der Waals surface area (Å²) in [4.78, 5) is 1.34. The van der Waals surface area contributed by atoms with Gasteiger partial charge in [-0.15, -0.1) is 11.3 Å². The summed E-state index contributed by atoms with van der Waals surface area (Å²) in [6.07, 6.45) is 4.08. The lowest BCUT2D eigenvalue weighted by molar-refractivity contribution is 0.228. The first-order chi connectivity index (χ1) is 7.65. The average molecular weight is 258 g/mol. The first-order valence-electron chi connectivity index (χ1n) is 6.12. The first kappa shape index (κ1) is 12.4. The molecule has 0 bridgehead atoms. The van der Waals surface area contributed by atoms with Crippen molar-refractivity contribution in [1.82, 2.24) is 5.32 Å². The normalized spacial score (nSPS) is 30.6. The van der Waals surface area contributed by atoms with Gasteiger partial charge in [-0.25, -0.2) is 0 Å². The van der Waals surface area contributed by atoms with Crippen LogP contribution < -0.4 is 5.32 Å². The number of halogens is 1. The summed E-state index contributed by atoms with van der Waals surface area (Å²) >= 11 is 7.61. The molecule has 1 aromatic rings. The highest BCUT2D eigenvalue weighted by atomic mass is 35.5. The van der Waals surface area contributed by atoms with E-state index in [0.29, 0.717) is 6.04 Å². The Balaban J connectivity index is 1.84. The zero-order chi connectivity index (χ0) is 11.5. The number of nitrogens with one attached hydrogen (secondary N) is 1. The molecule has 0 radical (unpaired) electrons. The number of hydrogen-bond acceptors (Lipinski definition) is 2. The van der Waals surface area contributed by atoms with Crippen LogP contribution in [-0.2, 0) is 6.54 Å². The van der Waals surface area contributed by atoms with Crippen LogP contribution >= 0.6 is 22.9 Å². The topological polar surface area (TPSA) is 12.0 Å². The molecule has 0 spiro atoms. The maximum absolute atomic E-state index is 5.92. The van der Waals surface area contributed by atoms with Crippen LogP contribution in [0.5, 0.6) is 0 Å². The molecule has 1 aromatic heterocycles. The van der Waals surface area contributed by atoms with Crippen molar-refractivity contribution < 1.29 is 0 Å². The Morgan fingerprint density at radius 2 is 2.19 bits per heavy atom. The molecule has 0 amide bonds. The van der Waals surface area contributed by atoms with Crippen molar-refractivity contribution in [3.63, 3.8) is 0 Å². The number of hydrogen-bond donors (Lipinski definition) is 1. The molecule has 1 heterocycles. The fourth-order valence-corrected chi connectivity index (χ4v) is 3.53. The Hall–Kier alpha value is -0.0500. The second-order valence-corrected chi connectivity index (χ2v) is 6.89. The van der Waals surface area contributed by atoms with Crippen molar-refractivity contribution in [2.24, 2.45) is 11.8 Å². The second-order valence-electron chi connectivity index (χ2n) is 5.09. The van der Waals surface area contributed by atoms with Crippen molar-refractivity contribution in [2.75, 3.05) is 0 Å². The third-order valence-corrected chi connectivity index (χ3v) is 4.86. The van der Waals surface area contributed by atoms with Gasteiger partial charge in [0.05, 0.1) is 4.34 Å². The Kier molecular flexibility index (Phi) is 4.28. The Morgan fingerprint density at radius 3 is 2.88 bits per heavy atom. The first-order valence-corrected chi connectivity index (χ1v) is 7.32. The smallest absolute Gasteiger partial charge is 0.0931 e. The summed E-state index contributed by atoms with van der Waals surface area (Å²) < 4.78 is 0.891. The van der Waals surface area contributed by atoms with Crippen molar-refractivity contribution in [3.8, 4) is 0 Å². The molecule has 0 saturated heterocycles. The lowest BCUT2D eigenvalue weighted by Crippen LogP contribution is -2.38. The maximum atomic E-state index is 5.92. The fourth-order valence-electron chi connectivity index (χ4n) is 2.50. The quantitative estimate of drug-likeness (QED) is 0.851. The molecule has 1 saturated carbocycles. The summed E-state index contributed by atoms with van der Waals surface area (Å²) in [5, 5.41) is 3.68. The van der Waals surface area contributed by atoms with Gasteiger partial charge in [0, 0.05) is 17.5 Å². The van der Waals surface area contributed by atoms with Crippen LogP contribution in [0.2, 0.25) is 4.34 Å². The van der Waals surface area contributed by atoms with E-state index in [2.05, 4.69) is 25.2 Å². The van der Waals surface area contributed by atoms with E-state index in [-0.39, 0.29) is 0 Å². The van der Waals surface area contributed by atoms with Crippen molar-refractivity contribution in [3.05, 3.63) is 21.3 Å². The minimum absolute atomic E-state index is 0.685. The molecule has 0 aromatic carbocycles. The molecule has 1 N–H and O–H groups in total. The molecule has 1 nitrogen and oxygen atoms in total. The molecule has 1 aliphatic rings. The van der Waals surface area contributed by atoms with Crippen LogP contribution in [0.3, 0.4) is 0 Å². The van der Waals surface area contributed by atoms with Crippen molar-refractivity contribution in [1.29, 1.82) is 0 Å². The molecular formula is C13H20ClNS. The van der Waals surface area contributed by atoms with Crippen LogP contribution in [0.25, 0.3) is 0 Å². The predicted octanol–water partition coefficient (Wildman–Crippen LogP) is 4.32. The largest absolute Gasteiger partial charge is 0.309 e. The van der Waals surface area contributed by atoms with E-state index in [0.717, 1.165) is 22.7 Å². The van der Waals surface area contributed by atoms with E-state index in [4.69, 9.17) is 11.6 Å². The van der Waals surface area contributed by atoms with Crippen molar-refractivity contribution in [2.45, 2.75) is 45.7 Å². The summed E-state index contributed by atoms with van der Waals surface area (Å²) in [7, 11) is 0. The molecule has 0 aliphatic heterocycles. The Morgan fingerprint density at radius 1 is 1.38 bits per heavy atom. The van der Waals surface area contributed by atoms with Crippen molar-refractivity contribution >= 4 is 22.9 Å². The molecule has 3 unspecified atom stereocenters. The summed E-state index contributed by atoms with van der Waals surface area (Å²) in [5.41, 5.74) is 0. The summed E-state index contributed by atoms with van der Waals surface area (Å²) in [6, 6.07) is 4.79. The number of thiophene rings is 1. The van der Waals surface area contributed by atoms with E-state index < -0.39 is 0 Å². The highest BCUT2D eigenvalue weighted by Crippen LogP contribution is 2.29. The minimum atomic E-state index is 0.685. The van der Waals surface area contributed by atoms with Gasteiger partial charge in [0.15, 0.2) is 0 Å². The predicted molar refractivity (Wildman–Crippen MR) is 72.1 cm³/mol. The van der Waals surface area contributed by atoms with Gasteiger partial charge < -0.3 is 5.32 Å². The fraction of sp³-hybridized carbons (Fsp3) is 0.692. The lowest BCUT2D eigenvalue weighted by atomic mass is 9.80. The summed E-state index contributed by atoms with van der Waals surface area (Å²) in [6.45, 7) is 5.70. The maximum Gasteiger partial charge on any atom is 0.0931 e. The molecule has 3 heteroatoms. The van der Waals surface area contributed by atoms with Crippen LogP contribution in [0, 0.1) is 11.8 Å². The standard InChI is InChI=1S/C13H20ClNS/c1-9-3-4-10(2)12(7-9)15-8-11-5-6-13(14)16-11/h5-6,9-10,12,15H,3-4,7-8H2,1-2H3. The van der Waals surface area contributed by atoms with Crippen LogP contribution in [0.1, 0.15) is 38.0 Å². The molecule has 1 fully saturated rings. The SMILES string of the molecule is CC1CCC(C)C(NCc2ccc(Cl)s2)C1. The van der Waals surface area contributed by atoms with Gasteiger partial charge in [-0.05, 0) is 36.8 Å². The minimum Gasteiger partial charge on any atom is -0.309 e. The zero-order valence-corrected chi connectivity index (χ0v) is 11.6. The third kappa shape index (κ3) is 3.22. The molecule has 1 aliphatic carbocycles. The molecule has 3 atom stereocenters. The van der Waals surface area contributed by atoms with Gasteiger partial charge in [0.1, 0.15) is 0 Å². The Bertz CT molecular complexity index is 336. The third-order valence-electron chi connectivity index (χ3n) is 3.63. The van der Waals surface area contributed by atoms with Gasteiger partial charge in [0.2, 0.25) is 0 Å². The van der Waals surface area contributed by atoms with Gasteiger partial charge in [-0.1, -0.05) is 31.9 Å². The van der Waals surface area contributed by atoms with E-state index in [1.54, 1.807) is 11.3 Å². The molecule has 16 heavy (non-hydrogen) atoms. The highest BCUT2D eigenvalue weighted by molar-refractivity contribution is 7.16. The monoisotopic (exact) mass is 257 g/mol. The highest BCUT2D eigenvalue weighted by Gasteiger charge is 2.24. The van der Waals surface area contributed by atoms with Gasteiger partial charge >= 0.3 is 0 Å². The zero-order valence-electron chi connectivity index (χ0n) is 10.0. The molecule has 2 rings (SSSR count). The van der Waals surface area contributed by atoms with Crippen LogP contribution in [0.4, 0.5) is 0 Å². The Labute approximate surface area is 107 Å². The lowest BCUT2D eigenvalue weighted by Gasteiger charge is -2.33. The number of rotatable bonds is 3. The van der Waals surface area contributed by atoms with E-state index in [9.17, 15) is 0 Å². The van der Waals surface area contributed by atoms with Gasteiger partial charge in [-0.3, -0.25) is 0 Å². The average Bonchev–Trinajstić information content (AvgIpc) is 2.66. The van der Waals surface area contributed by atoms with E-state index >= 15 is 0 Å². The second kappa shape index (κ2) is 5.52. The van der Waals surface area contributed by atoms with Gasteiger partial charge in [0.25, 0.3) is 0 Å². The van der Waals surface area contributed by atoms with Gasteiger partial charge in [-0.2, -0.15) is 0 Å². The van der Waals surface area contributed by atoms with E-state index in [1.165, 1.54) is 24.1 Å². The van der Waals surface area contributed by atoms with Crippen LogP contribution in [0.15, 0.2) is 12.1 Å².